The molecule has 0 fully saturated rings. The predicted molar refractivity (Wildman–Crippen MR) is 168 cm³/mol. The van der Waals surface area contributed by atoms with Crippen LogP contribution in [0.2, 0.25) is 0 Å². The minimum atomic E-state index is 0.830. The summed E-state index contributed by atoms with van der Waals surface area (Å²) in [5.41, 5.74) is 8.27. The molecule has 41 heavy (non-hydrogen) atoms. The van der Waals surface area contributed by atoms with Gasteiger partial charge >= 0.3 is 0 Å². The molecule has 4 aromatic carbocycles. The molecule has 4 nitrogen and oxygen atoms in total. The Morgan fingerprint density at radius 1 is 0.439 bits per heavy atom. The molecule has 0 spiro atoms. The molecule has 0 radical (unpaired) electrons. The van der Waals surface area contributed by atoms with Crippen molar-refractivity contribution in [1.29, 1.82) is 0 Å². The maximum atomic E-state index is 5.08. The first-order chi connectivity index (χ1) is 20.3. The van der Waals surface area contributed by atoms with Gasteiger partial charge in [0, 0.05) is 28.7 Å². The minimum absolute atomic E-state index is 0.830. The highest BCUT2D eigenvalue weighted by atomic mass is 15.1. The van der Waals surface area contributed by atoms with Gasteiger partial charge in [-0.1, -0.05) is 97.1 Å². The molecule has 4 heteroatoms. The quantitative estimate of drug-likeness (QED) is 0.231. The molecular weight excluding hydrogens is 500 g/mol. The Hall–Kier alpha value is -5.61. The monoisotopic (exact) mass is 524 g/mol. The summed E-state index contributed by atoms with van der Waals surface area (Å²) in [5.74, 6) is 0.853. The van der Waals surface area contributed by atoms with Gasteiger partial charge in [0.05, 0.1) is 28.1 Å². The third-order valence-corrected chi connectivity index (χ3v) is 7.73. The first-order valence-corrected chi connectivity index (χ1v) is 13.7. The molecule has 0 aliphatic carbocycles. The van der Waals surface area contributed by atoms with E-state index in [0.29, 0.717) is 0 Å². The number of benzene rings is 4. The number of pyridine rings is 3. The second-order valence-corrected chi connectivity index (χ2v) is 10.1. The van der Waals surface area contributed by atoms with E-state index in [1.54, 1.807) is 0 Å². The highest BCUT2D eigenvalue weighted by Gasteiger charge is 2.14. The topological polar surface area (TPSA) is 43.6 Å². The van der Waals surface area contributed by atoms with Gasteiger partial charge in [-0.3, -0.25) is 9.55 Å². The van der Waals surface area contributed by atoms with E-state index in [9.17, 15) is 0 Å². The van der Waals surface area contributed by atoms with Crippen LogP contribution in [0.4, 0.5) is 0 Å². The van der Waals surface area contributed by atoms with Crippen molar-refractivity contribution >= 4 is 32.6 Å². The van der Waals surface area contributed by atoms with E-state index in [2.05, 4.69) is 113 Å². The van der Waals surface area contributed by atoms with Gasteiger partial charge in [-0.15, -0.1) is 0 Å². The summed E-state index contributed by atoms with van der Waals surface area (Å²) in [6.45, 7) is 0. The highest BCUT2D eigenvalue weighted by Crippen LogP contribution is 2.33. The zero-order valence-electron chi connectivity index (χ0n) is 22.1. The van der Waals surface area contributed by atoms with Crippen LogP contribution in [0.3, 0.4) is 0 Å². The fourth-order valence-electron chi connectivity index (χ4n) is 5.79. The number of hydrogen-bond acceptors (Lipinski definition) is 3. The molecule has 0 unspecified atom stereocenters. The van der Waals surface area contributed by atoms with Crippen LogP contribution in [0.15, 0.2) is 146 Å². The van der Waals surface area contributed by atoms with Crippen LogP contribution < -0.4 is 0 Å². The van der Waals surface area contributed by atoms with Gasteiger partial charge in [0.2, 0.25) is 0 Å². The van der Waals surface area contributed by atoms with Gasteiger partial charge < -0.3 is 0 Å². The molecule has 4 aromatic heterocycles. The highest BCUT2D eigenvalue weighted by molar-refractivity contribution is 6.08. The molecule has 8 aromatic rings. The van der Waals surface area contributed by atoms with E-state index in [1.807, 2.05) is 42.7 Å². The lowest BCUT2D eigenvalue weighted by Crippen LogP contribution is -1.99. The van der Waals surface area contributed by atoms with Crippen molar-refractivity contribution in [3.05, 3.63) is 146 Å². The maximum Gasteiger partial charge on any atom is 0.138 e. The van der Waals surface area contributed by atoms with Gasteiger partial charge in [0.15, 0.2) is 0 Å². The molecule has 192 valence electrons. The lowest BCUT2D eigenvalue weighted by molar-refractivity contribution is 1.08. The fourth-order valence-corrected chi connectivity index (χ4v) is 5.79. The molecule has 0 bridgehead atoms. The van der Waals surface area contributed by atoms with Crippen LogP contribution in [-0.2, 0) is 0 Å². The Bertz CT molecular complexity index is 2150. The van der Waals surface area contributed by atoms with Gasteiger partial charge in [-0.05, 0) is 58.3 Å². The SMILES string of the molecule is c1cc(-c2ccc(-c3cccc4ccccc34)cc2)nc(-c2cccc(-n3c4ccccc4c4cnccc43)n2)c1. The molecular formula is C37H24N4. The third kappa shape index (κ3) is 3.97. The molecule has 0 saturated carbocycles. The van der Waals surface area contributed by atoms with Crippen molar-refractivity contribution in [3.8, 4) is 39.6 Å². The van der Waals surface area contributed by atoms with Crippen molar-refractivity contribution in [2.24, 2.45) is 0 Å². The van der Waals surface area contributed by atoms with E-state index in [-0.39, 0.29) is 0 Å². The van der Waals surface area contributed by atoms with Crippen LogP contribution in [0.25, 0.3) is 72.2 Å². The number of fused-ring (bicyclic) bond motifs is 4. The van der Waals surface area contributed by atoms with E-state index in [1.165, 1.54) is 21.9 Å². The van der Waals surface area contributed by atoms with Gasteiger partial charge in [0.25, 0.3) is 0 Å². The van der Waals surface area contributed by atoms with E-state index in [0.717, 1.165) is 50.3 Å². The molecule has 0 atom stereocenters. The number of aromatic nitrogens is 4. The first kappa shape index (κ1) is 23.3. The van der Waals surface area contributed by atoms with E-state index < -0.39 is 0 Å². The summed E-state index contributed by atoms with van der Waals surface area (Å²) >= 11 is 0. The Morgan fingerprint density at radius 3 is 2.00 bits per heavy atom. The van der Waals surface area contributed by atoms with Gasteiger partial charge in [-0.25, -0.2) is 9.97 Å². The average Bonchev–Trinajstić information content (AvgIpc) is 3.39. The van der Waals surface area contributed by atoms with E-state index in [4.69, 9.17) is 9.97 Å². The van der Waals surface area contributed by atoms with Crippen LogP contribution in [-0.4, -0.2) is 19.5 Å². The fraction of sp³-hybridized carbons (Fsp3) is 0. The average molecular weight is 525 g/mol. The zero-order chi connectivity index (χ0) is 27.2. The largest absolute Gasteiger partial charge is 0.294 e. The van der Waals surface area contributed by atoms with Crippen LogP contribution in [0.5, 0.6) is 0 Å². The molecule has 8 rings (SSSR count). The summed E-state index contributed by atoms with van der Waals surface area (Å²) in [6, 6.07) is 46.3. The van der Waals surface area contributed by atoms with Crippen molar-refractivity contribution in [2.75, 3.05) is 0 Å². The van der Waals surface area contributed by atoms with Crippen LogP contribution in [0.1, 0.15) is 0 Å². The second-order valence-electron chi connectivity index (χ2n) is 10.1. The van der Waals surface area contributed by atoms with Crippen molar-refractivity contribution in [1.82, 2.24) is 19.5 Å². The van der Waals surface area contributed by atoms with Crippen LogP contribution >= 0.6 is 0 Å². The third-order valence-electron chi connectivity index (χ3n) is 7.73. The Morgan fingerprint density at radius 2 is 1.10 bits per heavy atom. The normalized spacial score (nSPS) is 11.4. The van der Waals surface area contributed by atoms with Gasteiger partial charge in [0.1, 0.15) is 5.82 Å². The Kier molecular flexibility index (Phi) is 5.42. The molecule has 0 saturated heterocycles. The van der Waals surface area contributed by atoms with Crippen LogP contribution in [0, 0.1) is 0 Å². The Labute approximate surface area is 237 Å². The van der Waals surface area contributed by atoms with Gasteiger partial charge in [-0.2, -0.15) is 0 Å². The minimum Gasteiger partial charge on any atom is -0.294 e. The molecule has 0 amide bonds. The second kappa shape index (κ2) is 9.54. The van der Waals surface area contributed by atoms with E-state index >= 15 is 0 Å². The lowest BCUT2D eigenvalue weighted by Gasteiger charge is -2.10. The molecule has 0 aliphatic rings. The molecule has 0 N–H and O–H groups in total. The van der Waals surface area contributed by atoms with Crippen molar-refractivity contribution < 1.29 is 0 Å². The molecule has 0 aliphatic heterocycles. The lowest BCUT2D eigenvalue weighted by atomic mass is 9.97. The first-order valence-electron chi connectivity index (χ1n) is 13.7. The Balaban J connectivity index is 1.17. The number of hydrogen-bond donors (Lipinski definition) is 0. The smallest absolute Gasteiger partial charge is 0.138 e. The number of nitrogens with zero attached hydrogens (tertiary/aromatic N) is 4. The standard InChI is InChI=1S/C37H24N4/c1-2-10-28-25(8-1)9-5-12-29(28)26-18-20-27(21-19-26)32-13-6-14-33(39-32)34-15-7-17-37(40-34)41-35-16-4-3-11-30(35)31-24-38-23-22-36(31)41/h1-24H. The number of rotatable bonds is 4. The maximum absolute atomic E-state index is 5.08. The van der Waals surface area contributed by atoms with Crippen molar-refractivity contribution in [3.63, 3.8) is 0 Å². The predicted octanol–water partition coefficient (Wildman–Crippen LogP) is 9.12. The molecule has 4 heterocycles. The number of para-hydroxylation sites is 1. The summed E-state index contributed by atoms with van der Waals surface area (Å²) < 4.78 is 2.20. The summed E-state index contributed by atoms with van der Waals surface area (Å²) in [5, 5.41) is 4.78. The summed E-state index contributed by atoms with van der Waals surface area (Å²) in [6.07, 6.45) is 3.76. The summed E-state index contributed by atoms with van der Waals surface area (Å²) in [7, 11) is 0. The summed E-state index contributed by atoms with van der Waals surface area (Å²) in [4.78, 5) is 14.5. The van der Waals surface area contributed by atoms with Crippen molar-refractivity contribution in [2.45, 2.75) is 0 Å². The zero-order valence-corrected chi connectivity index (χ0v) is 22.1.